The summed E-state index contributed by atoms with van der Waals surface area (Å²) in [6.45, 7) is 0.276. The minimum atomic E-state index is -0.159. The Balaban J connectivity index is 1.55. The lowest BCUT2D eigenvalue weighted by Crippen LogP contribution is -2.27. The number of amides is 1. The second-order valence-corrected chi connectivity index (χ2v) is 12.0. The van der Waals surface area contributed by atoms with Crippen LogP contribution in [0.1, 0.15) is 11.1 Å². The summed E-state index contributed by atoms with van der Waals surface area (Å²) in [5, 5.41) is 1.11. The molecule has 1 saturated heterocycles. The van der Waals surface area contributed by atoms with Crippen LogP contribution in [0.4, 0.5) is 5.69 Å². The minimum absolute atomic E-state index is 0.159. The molecule has 0 radical (unpaired) electrons. The van der Waals surface area contributed by atoms with Crippen LogP contribution in [-0.2, 0) is 11.4 Å². The molecule has 1 heterocycles. The van der Waals surface area contributed by atoms with Crippen molar-refractivity contribution in [2.24, 2.45) is 0 Å². The highest BCUT2D eigenvalue weighted by molar-refractivity contribution is 9.11. The van der Waals surface area contributed by atoms with Crippen LogP contribution in [0.15, 0.2) is 72.9 Å². The van der Waals surface area contributed by atoms with Crippen molar-refractivity contribution in [3.8, 4) is 5.75 Å². The van der Waals surface area contributed by atoms with Crippen LogP contribution in [0.3, 0.4) is 0 Å². The summed E-state index contributed by atoms with van der Waals surface area (Å²) in [7, 11) is 0. The molecule has 3 nitrogen and oxygen atoms in total. The highest BCUT2D eigenvalue weighted by Crippen LogP contribution is 2.40. The van der Waals surface area contributed by atoms with E-state index < -0.39 is 0 Å². The first kappa shape index (κ1) is 25.2. The van der Waals surface area contributed by atoms with Crippen LogP contribution in [0.2, 0.25) is 10.0 Å². The molecule has 0 aromatic heterocycles. The Kier molecular flexibility index (Phi) is 8.26. The molecule has 3 aromatic rings. The lowest BCUT2D eigenvalue weighted by atomic mass is 10.2. The Labute approximate surface area is 235 Å². The fourth-order valence-electron chi connectivity index (χ4n) is 3.05. The van der Waals surface area contributed by atoms with Crippen molar-refractivity contribution < 1.29 is 9.53 Å². The van der Waals surface area contributed by atoms with E-state index in [1.807, 2.05) is 48.5 Å². The number of anilines is 1. The number of rotatable bonds is 5. The van der Waals surface area contributed by atoms with Crippen molar-refractivity contribution in [2.75, 3.05) is 4.90 Å². The third-order valence-corrected chi connectivity index (χ3v) is 8.13. The number of benzene rings is 3. The minimum Gasteiger partial charge on any atom is -0.486 e. The number of thioether (sulfide) groups is 1. The third-order valence-electron chi connectivity index (χ3n) is 4.57. The molecule has 1 fully saturated rings. The van der Waals surface area contributed by atoms with E-state index in [0.717, 1.165) is 30.2 Å². The molecule has 0 spiro atoms. The maximum atomic E-state index is 13.0. The maximum Gasteiger partial charge on any atom is 0.270 e. The summed E-state index contributed by atoms with van der Waals surface area (Å²) in [6, 6.07) is 16.5. The van der Waals surface area contributed by atoms with Gasteiger partial charge < -0.3 is 4.74 Å². The molecule has 1 aliphatic rings. The van der Waals surface area contributed by atoms with Gasteiger partial charge in [-0.25, -0.2) is 0 Å². The SMILES string of the molecule is O=C1/C(=C\c2cc(Br)c(OCc3ccc(Cl)cc3Cl)c(Br)c2)SC(=S)N1c1cccc(Br)c1. The van der Waals surface area contributed by atoms with Gasteiger partial charge in [0.1, 0.15) is 12.4 Å². The number of ether oxygens (including phenoxy) is 1. The summed E-state index contributed by atoms with van der Waals surface area (Å²) < 4.78 is 8.80. The summed E-state index contributed by atoms with van der Waals surface area (Å²) >= 11 is 29.5. The molecule has 0 aliphatic carbocycles. The Morgan fingerprint density at radius 3 is 2.42 bits per heavy atom. The summed E-state index contributed by atoms with van der Waals surface area (Å²) in [5.74, 6) is 0.466. The van der Waals surface area contributed by atoms with Gasteiger partial charge in [-0.05, 0) is 86.0 Å². The van der Waals surface area contributed by atoms with E-state index in [2.05, 4.69) is 47.8 Å². The highest BCUT2D eigenvalue weighted by atomic mass is 79.9. The molecular weight excluding hydrogens is 697 g/mol. The van der Waals surface area contributed by atoms with Crippen LogP contribution in [0.25, 0.3) is 6.08 Å². The topological polar surface area (TPSA) is 29.5 Å². The van der Waals surface area contributed by atoms with E-state index in [9.17, 15) is 4.79 Å². The highest BCUT2D eigenvalue weighted by Gasteiger charge is 2.33. The van der Waals surface area contributed by atoms with Crippen molar-refractivity contribution in [2.45, 2.75) is 6.61 Å². The molecule has 33 heavy (non-hydrogen) atoms. The predicted molar refractivity (Wildman–Crippen MR) is 152 cm³/mol. The second-order valence-electron chi connectivity index (χ2n) is 6.84. The smallest absolute Gasteiger partial charge is 0.270 e. The zero-order valence-corrected chi connectivity index (χ0v) is 24.4. The van der Waals surface area contributed by atoms with E-state index in [-0.39, 0.29) is 12.5 Å². The molecule has 168 valence electrons. The van der Waals surface area contributed by atoms with Crippen molar-refractivity contribution in [3.63, 3.8) is 0 Å². The largest absolute Gasteiger partial charge is 0.486 e. The van der Waals surface area contributed by atoms with Crippen LogP contribution in [0.5, 0.6) is 5.75 Å². The van der Waals surface area contributed by atoms with Crippen molar-refractivity contribution in [1.82, 2.24) is 0 Å². The average molecular weight is 709 g/mol. The van der Waals surface area contributed by atoms with Crippen LogP contribution < -0.4 is 9.64 Å². The molecule has 0 unspecified atom stereocenters. The molecule has 0 atom stereocenters. The standard InChI is InChI=1S/C23H12Br3Cl2NO2S2/c24-14-2-1-3-16(9-14)29-22(30)20(33-23(29)32)8-12-6-17(25)21(18(26)7-12)31-11-13-4-5-15(27)10-19(13)28/h1-10H,11H2/b20-8+. The lowest BCUT2D eigenvalue weighted by molar-refractivity contribution is -0.113. The molecule has 1 amide bonds. The summed E-state index contributed by atoms with van der Waals surface area (Å²) in [4.78, 5) is 15.1. The number of carbonyl (C=O) groups is 1. The molecule has 4 rings (SSSR count). The van der Waals surface area contributed by atoms with Gasteiger partial charge in [-0.2, -0.15) is 0 Å². The molecule has 0 saturated carbocycles. The number of nitrogens with zero attached hydrogens (tertiary/aromatic N) is 1. The van der Waals surface area contributed by atoms with E-state index >= 15 is 0 Å². The molecular formula is C23H12Br3Cl2NO2S2. The van der Waals surface area contributed by atoms with E-state index in [1.165, 1.54) is 16.7 Å². The third kappa shape index (κ3) is 5.86. The van der Waals surface area contributed by atoms with Gasteiger partial charge >= 0.3 is 0 Å². The first-order valence-corrected chi connectivity index (χ1v) is 13.7. The maximum absolute atomic E-state index is 13.0. The quantitative estimate of drug-likeness (QED) is 0.195. The van der Waals surface area contributed by atoms with Crippen LogP contribution in [-0.4, -0.2) is 10.2 Å². The number of halogens is 5. The normalized spacial score (nSPS) is 14.9. The van der Waals surface area contributed by atoms with Crippen molar-refractivity contribution in [3.05, 3.63) is 94.1 Å². The van der Waals surface area contributed by atoms with Gasteiger partial charge in [0.15, 0.2) is 4.32 Å². The first-order chi connectivity index (χ1) is 15.7. The van der Waals surface area contributed by atoms with E-state index in [4.69, 9.17) is 40.2 Å². The number of thiocarbonyl (C=S) groups is 1. The predicted octanol–water partition coefficient (Wildman–Crippen LogP) is 9.27. The Morgan fingerprint density at radius 2 is 1.76 bits per heavy atom. The van der Waals surface area contributed by atoms with Gasteiger partial charge in [-0.15, -0.1) is 0 Å². The lowest BCUT2D eigenvalue weighted by Gasteiger charge is -2.14. The molecule has 10 heteroatoms. The number of carbonyl (C=O) groups excluding carboxylic acids is 1. The Bertz CT molecular complexity index is 1290. The Morgan fingerprint density at radius 1 is 1.03 bits per heavy atom. The molecule has 3 aromatic carbocycles. The summed E-state index contributed by atoms with van der Waals surface area (Å²) in [6.07, 6.45) is 1.81. The fourth-order valence-corrected chi connectivity index (χ4v) is 6.65. The van der Waals surface area contributed by atoms with Crippen molar-refractivity contribution in [1.29, 1.82) is 0 Å². The van der Waals surface area contributed by atoms with Crippen molar-refractivity contribution >= 4 is 117 Å². The molecule has 0 bridgehead atoms. The molecule has 0 N–H and O–H groups in total. The summed E-state index contributed by atoms with van der Waals surface area (Å²) in [5.41, 5.74) is 2.36. The van der Waals surface area contributed by atoms with Gasteiger partial charge in [0.2, 0.25) is 0 Å². The van der Waals surface area contributed by atoms with Gasteiger partial charge in [-0.1, -0.05) is 75.2 Å². The number of hydrogen-bond donors (Lipinski definition) is 0. The van der Waals surface area contributed by atoms with E-state index in [1.54, 1.807) is 12.1 Å². The van der Waals surface area contributed by atoms with Crippen LogP contribution in [0, 0.1) is 0 Å². The monoisotopic (exact) mass is 705 g/mol. The van der Waals surface area contributed by atoms with Gasteiger partial charge in [0, 0.05) is 20.1 Å². The average Bonchev–Trinajstić information content (AvgIpc) is 3.01. The van der Waals surface area contributed by atoms with Gasteiger partial charge in [0.25, 0.3) is 5.91 Å². The fraction of sp³-hybridized carbons (Fsp3) is 0.0435. The first-order valence-electron chi connectivity index (χ1n) is 9.32. The van der Waals surface area contributed by atoms with Crippen LogP contribution >= 0.6 is 95.0 Å². The van der Waals surface area contributed by atoms with Gasteiger partial charge in [-0.3, -0.25) is 9.69 Å². The van der Waals surface area contributed by atoms with E-state index in [0.29, 0.717) is 25.0 Å². The number of hydrogen-bond acceptors (Lipinski definition) is 4. The zero-order valence-electron chi connectivity index (χ0n) is 16.5. The molecule has 1 aliphatic heterocycles. The zero-order chi connectivity index (χ0) is 23.7. The Hall–Kier alpha value is -0.870. The second kappa shape index (κ2) is 10.8. The van der Waals surface area contributed by atoms with Gasteiger partial charge in [0.05, 0.1) is 19.5 Å².